The predicted molar refractivity (Wildman–Crippen MR) is 82.5 cm³/mol. The first-order chi connectivity index (χ1) is 11.2. The van der Waals surface area contributed by atoms with Crippen LogP contribution in [0.1, 0.15) is 15.9 Å². The fourth-order valence-electron chi connectivity index (χ4n) is 1.85. The number of esters is 1. The third-order valence-corrected chi connectivity index (χ3v) is 3.27. The summed E-state index contributed by atoms with van der Waals surface area (Å²) in [6.07, 6.45) is 0. The second-order valence-electron chi connectivity index (χ2n) is 4.46. The maximum atomic E-state index is 12.1. The topological polar surface area (TPSA) is 93.7 Å². The van der Waals surface area contributed by atoms with Crippen LogP contribution in [0.5, 0.6) is 5.75 Å². The summed E-state index contributed by atoms with van der Waals surface area (Å²) >= 11 is 4.12. The van der Waals surface area contributed by atoms with Gasteiger partial charge in [0, 0.05) is 0 Å². The predicted octanol–water partition coefficient (Wildman–Crippen LogP) is 2.04. The van der Waals surface area contributed by atoms with Crippen LogP contribution >= 0.6 is 12.6 Å². The minimum Gasteiger partial charge on any atom is -0.423 e. The Hall–Kier alpha value is -3.18. The third-order valence-electron chi connectivity index (χ3n) is 2.99. The van der Waals surface area contributed by atoms with Crippen LogP contribution in [0.25, 0.3) is 5.69 Å². The Balaban J connectivity index is 1.75. The number of ether oxygens (including phenoxy) is 1. The van der Waals surface area contributed by atoms with Crippen molar-refractivity contribution >= 4 is 18.6 Å². The second-order valence-corrected chi connectivity index (χ2v) is 4.86. The molecule has 0 fully saturated rings. The molecule has 0 aliphatic carbocycles. The first kappa shape index (κ1) is 14.7. The van der Waals surface area contributed by atoms with E-state index in [9.17, 15) is 4.79 Å². The Bertz CT molecular complexity index is 881. The van der Waals surface area contributed by atoms with Gasteiger partial charge in [-0.2, -0.15) is 9.94 Å². The minimum atomic E-state index is -0.496. The van der Waals surface area contributed by atoms with E-state index < -0.39 is 5.97 Å². The first-order valence-electron chi connectivity index (χ1n) is 6.47. The van der Waals surface area contributed by atoms with Crippen molar-refractivity contribution in [2.75, 3.05) is 0 Å². The molecule has 0 aliphatic rings. The lowest BCUT2D eigenvalue weighted by molar-refractivity contribution is 0.0735. The summed E-state index contributed by atoms with van der Waals surface area (Å²) in [7, 11) is 0. The second kappa shape index (κ2) is 6.29. The highest BCUT2D eigenvalue weighted by molar-refractivity contribution is 7.80. The summed E-state index contributed by atoms with van der Waals surface area (Å²) < 4.78 is 6.67. The number of aromatic nitrogens is 4. The van der Waals surface area contributed by atoms with Crippen molar-refractivity contribution in [3.05, 3.63) is 59.7 Å². The van der Waals surface area contributed by atoms with E-state index >= 15 is 0 Å². The van der Waals surface area contributed by atoms with Crippen molar-refractivity contribution in [1.29, 1.82) is 5.26 Å². The lowest BCUT2D eigenvalue weighted by Crippen LogP contribution is -2.08. The summed E-state index contributed by atoms with van der Waals surface area (Å²) in [6, 6.07) is 14.9. The van der Waals surface area contributed by atoms with Crippen molar-refractivity contribution < 1.29 is 9.53 Å². The average molecular weight is 323 g/mol. The standard InChI is InChI=1S/C15H9N5O2S/c16-9-10-1-7-13(8-2-10)22-14(21)11-3-5-12(6-4-11)20-15(23)17-18-19-20/h1-8H,(H,17,19,23). The molecule has 0 unspecified atom stereocenters. The number of benzene rings is 2. The fourth-order valence-corrected chi connectivity index (χ4v) is 2.05. The van der Waals surface area contributed by atoms with E-state index in [2.05, 4.69) is 28.2 Å². The molecule has 0 amide bonds. The van der Waals surface area contributed by atoms with Gasteiger partial charge in [-0.1, -0.05) is 0 Å². The quantitative estimate of drug-likeness (QED) is 0.450. The summed E-state index contributed by atoms with van der Waals surface area (Å²) in [4.78, 5) is 12.1. The van der Waals surface area contributed by atoms with Gasteiger partial charge in [-0.05, 0) is 59.0 Å². The van der Waals surface area contributed by atoms with Gasteiger partial charge in [0.25, 0.3) is 0 Å². The number of hydrogen-bond donors (Lipinski definition) is 1. The Morgan fingerprint density at radius 3 is 2.39 bits per heavy atom. The van der Waals surface area contributed by atoms with E-state index in [1.165, 1.54) is 4.68 Å². The van der Waals surface area contributed by atoms with Crippen LogP contribution in [-0.2, 0) is 0 Å². The number of rotatable bonds is 3. The van der Waals surface area contributed by atoms with Gasteiger partial charge in [-0.15, -0.1) is 17.7 Å². The van der Waals surface area contributed by atoms with Crippen molar-refractivity contribution in [3.8, 4) is 17.5 Å². The smallest absolute Gasteiger partial charge is 0.343 e. The largest absolute Gasteiger partial charge is 0.423 e. The van der Waals surface area contributed by atoms with Crippen LogP contribution in [0.15, 0.2) is 53.7 Å². The van der Waals surface area contributed by atoms with Crippen molar-refractivity contribution in [3.63, 3.8) is 0 Å². The van der Waals surface area contributed by atoms with Crippen LogP contribution in [-0.4, -0.2) is 26.2 Å². The van der Waals surface area contributed by atoms with E-state index in [-0.39, 0.29) is 0 Å². The average Bonchev–Trinajstić information content (AvgIpc) is 3.02. The third kappa shape index (κ3) is 3.20. The number of nitrogens with zero attached hydrogens (tertiary/aromatic N) is 5. The first-order valence-corrected chi connectivity index (χ1v) is 6.92. The van der Waals surface area contributed by atoms with Gasteiger partial charge in [0.2, 0.25) is 5.16 Å². The summed E-state index contributed by atoms with van der Waals surface area (Å²) in [5.41, 5.74) is 1.56. The molecule has 112 valence electrons. The summed E-state index contributed by atoms with van der Waals surface area (Å²) in [5.74, 6) is -0.125. The molecule has 2 aromatic carbocycles. The van der Waals surface area contributed by atoms with Gasteiger partial charge < -0.3 is 4.74 Å². The lowest BCUT2D eigenvalue weighted by Gasteiger charge is -2.05. The molecule has 3 rings (SSSR count). The van der Waals surface area contributed by atoms with Gasteiger partial charge in [-0.3, -0.25) is 0 Å². The minimum absolute atomic E-state index is 0.345. The van der Waals surface area contributed by atoms with Gasteiger partial charge in [0.1, 0.15) is 5.75 Å². The molecular weight excluding hydrogens is 314 g/mol. The molecule has 7 nitrogen and oxygen atoms in total. The molecule has 0 radical (unpaired) electrons. The fraction of sp³-hybridized carbons (Fsp3) is 0. The van der Waals surface area contributed by atoms with Crippen LogP contribution in [0.4, 0.5) is 0 Å². The number of carbonyl (C=O) groups is 1. The zero-order valence-electron chi connectivity index (χ0n) is 11.6. The van der Waals surface area contributed by atoms with Gasteiger partial charge in [0.15, 0.2) is 0 Å². The molecule has 0 saturated carbocycles. The highest BCUT2D eigenvalue weighted by Gasteiger charge is 2.10. The Kier molecular flexibility index (Phi) is 4.03. The zero-order valence-corrected chi connectivity index (χ0v) is 12.5. The lowest BCUT2D eigenvalue weighted by atomic mass is 10.2. The van der Waals surface area contributed by atoms with Crippen LogP contribution < -0.4 is 4.74 Å². The van der Waals surface area contributed by atoms with Crippen LogP contribution in [0, 0.1) is 11.3 Å². The van der Waals surface area contributed by atoms with E-state index in [0.29, 0.717) is 27.7 Å². The van der Waals surface area contributed by atoms with Crippen LogP contribution in [0.3, 0.4) is 0 Å². The maximum absolute atomic E-state index is 12.1. The molecule has 0 spiro atoms. The monoisotopic (exact) mass is 323 g/mol. The van der Waals surface area contributed by atoms with Gasteiger partial charge in [-0.25, -0.2) is 4.79 Å². The van der Waals surface area contributed by atoms with Crippen LogP contribution in [0.2, 0.25) is 0 Å². The molecule has 0 saturated heterocycles. The summed E-state index contributed by atoms with van der Waals surface area (Å²) in [5, 5.41) is 20.0. The van der Waals surface area contributed by atoms with Gasteiger partial charge in [0.05, 0.1) is 22.9 Å². The number of thiol groups is 1. The Morgan fingerprint density at radius 2 is 1.83 bits per heavy atom. The van der Waals surface area contributed by atoms with E-state index in [1.807, 2.05) is 6.07 Å². The maximum Gasteiger partial charge on any atom is 0.343 e. The molecule has 8 heteroatoms. The number of hydrogen-bond acceptors (Lipinski definition) is 7. The Labute approximate surface area is 136 Å². The molecule has 0 atom stereocenters. The normalized spacial score (nSPS) is 10.1. The molecule has 1 heterocycles. The Morgan fingerprint density at radius 1 is 1.13 bits per heavy atom. The molecule has 1 aromatic heterocycles. The van der Waals surface area contributed by atoms with Crippen molar-refractivity contribution in [1.82, 2.24) is 20.2 Å². The van der Waals surface area contributed by atoms with Gasteiger partial charge >= 0.3 is 5.97 Å². The molecule has 0 bridgehead atoms. The number of carbonyl (C=O) groups excluding carboxylic acids is 1. The SMILES string of the molecule is N#Cc1ccc(OC(=O)c2ccc(-n3nnnc3S)cc2)cc1. The molecule has 23 heavy (non-hydrogen) atoms. The van der Waals surface area contributed by atoms with E-state index in [0.717, 1.165) is 0 Å². The van der Waals surface area contributed by atoms with E-state index in [1.54, 1.807) is 48.5 Å². The number of tetrazole rings is 1. The highest BCUT2D eigenvalue weighted by atomic mass is 32.1. The highest BCUT2D eigenvalue weighted by Crippen LogP contribution is 2.16. The molecule has 0 aliphatic heterocycles. The van der Waals surface area contributed by atoms with E-state index in [4.69, 9.17) is 10.00 Å². The molecule has 3 aromatic rings. The van der Waals surface area contributed by atoms with Crippen molar-refractivity contribution in [2.24, 2.45) is 0 Å². The van der Waals surface area contributed by atoms with Crippen molar-refractivity contribution in [2.45, 2.75) is 5.16 Å². The summed E-state index contributed by atoms with van der Waals surface area (Å²) in [6.45, 7) is 0. The zero-order chi connectivity index (χ0) is 16.2. The number of nitriles is 1. The molecule has 0 N–H and O–H groups in total. The molecular formula is C15H9N5O2S.